The lowest BCUT2D eigenvalue weighted by molar-refractivity contribution is -0.118. The molecule has 0 saturated carbocycles. The number of nitrogens with zero attached hydrogens (tertiary/aromatic N) is 3. The highest BCUT2D eigenvalue weighted by Crippen LogP contribution is 2.32. The number of hydrogen-bond donors (Lipinski definition) is 0. The van der Waals surface area contributed by atoms with Crippen LogP contribution < -0.4 is 4.90 Å². The fourth-order valence-electron chi connectivity index (χ4n) is 3.73. The van der Waals surface area contributed by atoms with Crippen molar-refractivity contribution in [1.29, 1.82) is 0 Å². The maximum atomic E-state index is 13.5. The van der Waals surface area contributed by atoms with Gasteiger partial charge in [0.1, 0.15) is 0 Å². The minimum absolute atomic E-state index is 0.126. The Morgan fingerprint density at radius 1 is 1.06 bits per heavy atom. The summed E-state index contributed by atoms with van der Waals surface area (Å²) in [6.07, 6.45) is 1.83. The number of fused-ring (bicyclic) bond motifs is 1. The predicted molar refractivity (Wildman–Crippen MR) is 137 cm³/mol. The van der Waals surface area contributed by atoms with E-state index in [4.69, 9.17) is 4.98 Å². The number of carbonyl (C=O) groups excluding carboxylic acids is 1. The highest BCUT2D eigenvalue weighted by atomic mass is 32.2. The van der Waals surface area contributed by atoms with Crippen molar-refractivity contribution >= 4 is 42.4 Å². The Hall–Kier alpha value is -3.10. The first kappa shape index (κ1) is 24.0. The Balaban J connectivity index is 1.65. The Morgan fingerprint density at radius 2 is 1.79 bits per heavy atom. The molecule has 34 heavy (non-hydrogen) atoms. The Labute approximate surface area is 204 Å². The van der Waals surface area contributed by atoms with Crippen molar-refractivity contribution in [3.8, 4) is 0 Å². The molecule has 2 aromatic carbocycles. The number of hydrogen-bond acceptors (Lipinski definition) is 6. The van der Waals surface area contributed by atoms with Crippen LogP contribution >= 0.6 is 11.3 Å². The lowest BCUT2D eigenvalue weighted by Gasteiger charge is -2.20. The molecule has 0 spiro atoms. The van der Waals surface area contributed by atoms with Crippen LogP contribution in [-0.2, 0) is 27.6 Å². The third-order valence-corrected chi connectivity index (χ3v) is 8.82. The third kappa shape index (κ3) is 5.03. The highest BCUT2D eigenvalue weighted by molar-refractivity contribution is 7.92. The standard InChI is InChI=1S/C26H27N3O3S2/c1-17(2)34(31,32)22-10-8-20(9-11-22)15-24(30)29(16-21-7-5-6-12-27-21)26-28-25-19(4)13-18(3)14-23(25)33-26/h5-14,17H,15-16H2,1-4H3. The van der Waals surface area contributed by atoms with Gasteiger partial charge in [0.2, 0.25) is 5.91 Å². The van der Waals surface area contributed by atoms with Gasteiger partial charge in [0.25, 0.3) is 0 Å². The van der Waals surface area contributed by atoms with Crippen molar-refractivity contribution in [2.45, 2.75) is 50.8 Å². The number of rotatable bonds is 7. The first-order chi connectivity index (χ1) is 16.1. The number of thiazole rings is 1. The van der Waals surface area contributed by atoms with Gasteiger partial charge in [-0.05, 0) is 74.7 Å². The number of benzene rings is 2. The van der Waals surface area contributed by atoms with Gasteiger partial charge in [0, 0.05) is 6.20 Å². The van der Waals surface area contributed by atoms with E-state index in [1.807, 2.05) is 32.0 Å². The van der Waals surface area contributed by atoms with Crippen molar-refractivity contribution in [2.75, 3.05) is 4.90 Å². The average molecular weight is 494 g/mol. The van der Waals surface area contributed by atoms with Crippen LogP contribution in [0.25, 0.3) is 10.2 Å². The van der Waals surface area contributed by atoms with Crippen LogP contribution in [0.3, 0.4) is 0 Å². The summed E-state index contributed by atoms with van der Waals surface area (Å²) < 4.78 is 25.9. The summed E-state index contributed by atoms with van der Waals surface area (Å²) in [7, 11) is -3.36. The number of aromatic nitrogens is 2. The summed E-state index contributed by atoms with van der Waals surface area (Å²) in [4.78, 5) is 24.6. The zero-order chi connectivity index (χ0) is 24.5. The average Bonchev–Trinajstić information content (AvgIpc) is 3.22. The number of aryl methyl sites for hydroxylation is 2. The zero-order valence-corrected chi connectivity index (χ0v) is 21.3. The minimum Gasteiger partial charge on any atom is -0.282 e. The molecule has 0 unspecified atom stereocenters. The van der Waals surface area contributed by atoms with E-state index in [9.17, 15) is 13.2 Å². The molecule has 2 aromatic heterocycles. The van der Waals surface area contributed by atoms with Crippen molar-refractivity contribution in [3.63, 3.8) is 0 Å². The third-order valence-electron chi connectivity index (χ3n) is 5.62. The van der Waals surface area contributed by atoms with E-state index in [0.29, 0.717) is 11.7 Å². The molecule has 0 aliphatic heterocycles. The van der Waals surface area contributed by atoms with E-state index in [1.165, 1.54) is 11.3 Å². The number of amides is 1. The second-order valence-corrected chi connectivity index (χ2v) is 12.2. The Kier molecular flexibility index (Phi) is 6.81. The lowest BCUT2D eigenvalue weighted by Crippen LogP contribution is -2.32. The van der Waals surface area contributed by atoms with Gasteiger partial charge >= 0.3 is 0 Å². The molecule has 4 aromatic rings. The van der Waals surface area contributed by atoms with E-state index in [2.05, 4.69) is 17.1 Å². The molecular formula is C26H27N3O3S2. The first-order valence-electron chi connectivity index (χ1n) is 11.1. The van der Waals surface area contributed by atoms with Gasteiger partial charge in [0.15, 0.2) is 15.0 Å². The fourth-order valence-corrected chi connectivity index (χ4v) is 5.95. The number of sulfone groups is 1. The van der Waals surface area contributed by atoms with Crippen LogP contribution in [0.5, 0.6) is 0 Å². The molecule has 0 bridgehead atoms. The minimum atomic E-state index is -3.36. The highest BCUT2D eigenvalue weighted by Gasteiger charge is 2.23. The van der Waals surface area contributed by atoms with E-state index in [0.717, 1.165) is 32.6 Å². The quantitative estimate of drug-likeness (QED) is 0.351. The second-order valence-electron chi connectivity index (χ2n) is 8.64. The molecule has 0 aliphatic carbocycles. The smallest absolute Gasteiger partial charge is 0.233 e. The maximum Gasteiger partial charge on any atom is 0.233 e. The molecular weight excluding hydrogens is 466 g/mol. The molecule has 0 fully saturated rings. The summed E-state index contributed by atoms with van der Waals surface area (Å²) in [5.74, 6) is -0.126. The van der Waals surface area contributed by atoms with Crippen LogP contribution in [0, 0.1) is 13.8 Å². The van der Waals surface area contributed by atoms with E-state index in [1.54, 1.807) is 49.2 Å². The molecule has 2 heterocycles. The van der Waals surface area contributed by atoms with Crippen molar-refractivity contribution in [3.05, 3.63) is 83.2 Å². The van der Waals surface area contributed by atoms with Gasteiger partial charge in [-0.1, -0.05) is 35.6 Å². The maximum absolute atomic E-state index is 13.5. The van der Waals surface area contributed by atoms with Gasteiger partial charge in [0.05, 0.1) is 39.0 Å². The van der Waals surface area contributed by atoms with E-state index < -0.39 is 15.1 Å². The summed E-state index contributed by atoms with van der Waals surface area (Å²) in [5.41, 5.74) is 4.63. The van der Waals surface area contributed by atoms with Crippen molar-refractivity contribution in [1.82, 2.24) is 9.97 Å². The van der Waals surface area contributed by atoms with Gasteiger partial charge < -0.3 is 0 Å². The topological polar surface area (TPSA) is 80.2 Å². The van der Waals surface area contributed by atoms with Crippen LogP contribution in [0.1, 0.15) is 36.2 Å². The molecule has 0 N–H and O–H groups in total. The first-order valence-corrected chi connectivity index (χ1v) is 13.4. The monoisotopic (exact) mass is 493 g/mol. The van der Waals surface area contributed by atoms with Gasteiger partial charge in [-0.2, -0.15) is 0 Å². The normalized spacial score (nSPS) is 11.8. The Bertz CT molecular complexity index is 1430. The SMILES string of the molecule is Cc1cc(C)c2nc(N(Cc3ccccn3)C(=O)Cc3ccc(S(=O)(=O)C(C)C)cc3)sc2c1. The van der Waals surface area contributed by atoms with Gasteiger partial charge in [-0.25, -0.2) is 13.4 Å². The van der Waals surface area contributed by atoms with Crippen LogP contribution in [0.2, 0.25) is 0 Å². The largest absolute Gasteiger partial charge is 0.282 e. The van der Waals surface area contributed by atoms with E-state index >= 15 is 0 Å². The summed E-state index contributed by atoms with van der Waals surface area (Å²) in [5, 5.41) is 0.123. The molecule has 0 saturated heterocycles. The zero-order valence-electron chi connectivity index (χ0n) is 19.6. The molecule has 6 nitrogen and oxygen atoms in total. The van der Waals surface area contributed by atoms with E-state index in [-0.39, 0.29) is 17.2 Å². The van der Waals surface area contributed by atoms with Crippen molar-refractivity contribution < 1.29 is 13.2 Å². The van der Waals surface area contributed by atoms with Gasteiger partial charge in [-0.15, -0.1) is 0 Å². The summed E-state index contributed by atoms with van der Waals surface area (Å²) >= 11 is 1.49. The molecule has 4 rings (SSSR count). The lowest BCUT2D eigenvalue weighted by atomic mass is 10.1. The Morgan fingerprint density at radius 3 is 2.44 bits per heavy atom. The second kappa shape index (κ2) is 9.64. The van der Waals surface area contributed by atoms with Crippen LogP contribution in [0.15, 0.2) is 65.7 Å². The molecule has 0 aliphatic rings. The van der Waals surface area contributed by atoms with Crippen LogP contribution in [-0.4, -0.2) is 29.5 Å². The summed E-state index contributed by atoms with van der Waals surface area (Å²) in [6, 6.07) is 16.3. The molecule has 8 heteroatoms. The fraction of sp³-hybridized carbons (Fsp3) is 0.269. The van der Waals surface area contributed by atoms with Crippen LogP contribution in [0.4, 0.5) is 5.13 Å². The van der Waals surface area contributed by atoms with Crippen molar-refractivity contribution in [2.24, 2.45) is 0 Å². The number of anilines is 1. The molecule has 1 amide bonds. The molecule has 0 atom stereocenters. The number of carbonyl (C=O) groups is 1. The summed E-state index contributed by atoms with van der Waals surface area (Å²) in [6.45, 7) is 7.69. The molecule has 0 radical (unpaired) electrons. The predicted octanol–water partition coefficient (Wildman–Crippen LogP) is 5.27. The number of pyridine rings is 1. The molecule has 176 valence electrons. The van der Waals surface area contributed by atoms with Gasteiger partial charge in [-0.3, -0.25) is 14.7 Å².